The fourth-order valence-corrected chi connectivity index (χ4v) is 4.87. The second-order valence-electron chi connectivity index (χ2n) is 7.66. The first-order chi connectivity index (χ1) is 17.2. The summed E-state index contributed by atoms with van der Waals surface area (Å²) in [6.07, 6.45) is -4.18. The third-order valence-corrected chi connectivity index (χ3v) is 7.14. The van der Waals surface area contributed by atoms with Gasteiger partial charge in [0.2, 0.25) is 10.0 Å². The van der Waals surface area contributed by atoms with Gasteiger partial charge in [-0.25, -0.2) is 18.2 Å². The predicted octanol–water partition coefficient (Wildman–Crippen LogP) is 3.32. The van der Waals surface area contributed by atoms with E-state index in [4.69, 9.17) is 22.7 Å². The molecule has 3 aromatic rings. The number of carbonyl (C=O) groups is 2. The van der Waals surface area contributed by atoms with Crippen molar-refractivity contribution in [2.75, 3.05) is 11.9 Å². The van der Waals surface area contributed by atoms with Crippen LogP contribution in [0.15, 0.2) is 53.6 Å². The smallest absolute Gasteiger partial charge is 0.385 e. The first-order valence-electron chi connectivity index (χ1n) is 10.3. The average molecular weight is 558 g/mol. The Bertz CT molecular complexity index is 1500. The molecular formula is C22H19ClF3N5O5S. The number of anilines is 1. The van der Waals surface area contributed by atoms with Crippen LogP contribution in [-0.2, 0) is 30.9 Å². The van der Waals surface area contributed by atoms with E-state index in [1.165, 1.54) is 18.3 Å². The minimum absolute atomic E-state index is 0.0181. The number of rotatable bonds is 7. The molecule has 0 amide bonds. The second kappa shape index (κ2) is 10.7. The van der Waals surface area contributed by atoms with Crippen molar-refractivity contribution >= 4 is 56.1 Å². The molecule has 0 fully saturated rings. The van der Waals surface area contributed by atoms with E-state index >= 15 is 0 Å². The molecule has 196 valence electrons. The zero-order valence-electron chi connectivity index (χ0n) is 19.0. The topological polar surface area (TPSA) is 156 Å². The summed E-state index contributed by atoms with van der Waals surface area (Å²) < 4.78 is 69.2. The Morgan fingerprint density at radius 2 is 1.86 bits per heavy atom. The monoisotopic (exact) mass is 557 g/mol. The number of nitrogens with two attached hydrogens (primary N) is 1. The van der Waals surface area contributed by atoms with Gasteiger partial charge in [0.1, 0.15) is 12.4 Å². The lowest BCUT2D eigenvalue weighted by Crippen LogP contribution is -2.38. The summed E-state index contributed by atoms with van der Waals surface area (Å²) in [4.78, 5) is 26.9. The van der Waals surface area contributed by atoms with Crippen LogP contribution < -0.4 is 11.1 Å². The van der Waals surface area contributed by atoms with Crippen molar-refractivity contribution in [1.29, 1.82) is 5.41 Å². The molecule has 0 aliphatic rings. The van der Waals surface area contributed by atoms with Crippen LogP contribution in [0, 0.1) is 12.3 Å². The van der Waals surface area contributed by atoms with Gasteiger partial charge in [0.25, 0.3) is 0 Å². The van der Waals surface area contributed by atoms with E-state index in [-0.39, 0.29) is 21.1 Å². The van der Waals surface area contributed by atoms with Gasteiger partial charge in [0.05, 0.1) is 9.92 Å². The van der Waals surface area contributed by atoms with Gasteiger partial charge in [-0.05, 0) is 30.2 Å². The van der Waals surface area contributed by atoms with E-state index in [1.807, 2.05) is 0 Å². The molecule has 1 heterocycles. The number of ether oxygens (including phenoxy) is 1. The highest BCUT2D eigenvalue weighted by molar-refractivity contribution is 7.89. The highest BCUT2D eigenvalue weighted by Gasteiger charge is 2.43. The number of fused-ring (bicyclic) bond motifs is 1. The van der Waals surface area contributed by atoms with Crippen LogP contribution in [0.5, 0.6) is 0 Å². The maximum absolute atomic E-state index is 13.6. The van der Waals surface area contributed by atoms with Crippen LogP contribution in [0.3, 0.4) is 0 Å². The van der Waals surface area contributed by atoms with Gasteiger partial charge in [-0.2, -0.15) is 17.5 Å². The Labute approximate surface area is 213 Å². The number of pyridine rings is 1. The van der Waals surface area contributed by atoms with E-state index in [0.29, 0.717) is 20.8 Å². The van der Waals surface area contributed by atoms with Crippen molar-refractivity contribution < 1.29 is 35.9 Å². The van der Waals surface area contributed by atoms with E-state index in [0.717, 1.165) is 6.07 Å². The number of carbonyl (C=O) groups excluding carboxylic acids is 2. The molecule has 2 aromatic carbocycles. The maximum Gasteiger partial charge on any atom is 0.491 e. The lowest BCUT2D eigenvalue weighted by atomic mass is 10.1. The van der Waals surface area contributed by atoms with E-state index in [2.05, 4.69) is 15.0 Å². The number of aromatic nitrogens is 1. The summed E-state index contributed by atoms with van der Waals surface area (Å²) in [5.41, 5.74) is 6.46. The largest absolute Gasteiger partial charge is 0.491 e. The highest BCUT2D eigenvalue weighted by Crippen LogP contribution is 2.31. The van der Waals surface area contributed by atoms with E-state index in [9.17, 15) is 31.2 Å². The summed E-state index contributed by atoms with van der Waals surface area (Å²) in [7, 11) is -4.58. The molecule has 0 saturated carbocycles. The van der Waals surface area contributed by atoms with Crippen LogP contribution >= 0.6 is 11.6 Å². The number of hydrogen-bond acceptors (Lipinski definition) is 7. The van der Waals surface area contributed by atoms with Crippen LogP contribution in [0.2, 0.25) is 5.02 Å². The number of guanidine groups is 1. The number of aryl methyl sites for hydroxylation is 1. The zero-order chi connectivity index (χ0) is 27.5. The first kappa shape index (κ1) is 27.8. The van der Waals surface area contributed by atoms with Crippen molar-refractivity contribution in [2.45, 2.75) is 24.5 Å². The molecular weight excluding hydrogens is 539 g/mol. The fourth-order valence-electron chi connectivity index (χ4n) is 3.27. The molecule has 10 nitrogen and oxygen atoms in total. The van der Waals surface area contributed by atoms with Crippen LogP contribution in [0.25, 0.3) is 10.8 Å². The Balaban J connectivity index is 2.07. The number of halogens is 4. The number of esters is 2. The summed E-state index contributed by atoms with van der Waals surface area (Å²) in [5.74, 6) is -4.95. The van der Waals surface area contributed by atoms with Crippen molar-refractivity contribution in [3.63, 3.8) is 0 Å². The quantitative estimate of drug-likeness (QED) is 0.173. The Morgan fingerprint density at radius 3 is 2.49 bits per heavy atom. The van der Waals surface area contributed by atoms with Gasteiger partial charge < -0.3 is 15.8 Å². The molecule has 1 aromatic heterocycles. The number of benzene rings is 2. The third-order valence-electron chi connectivity index (χ3n) is 5.05. The Hall–Kier alpha value is -3.75. The van der Waals surface area contributed by atoms with Crippen molar-refractivity contribution in [2.24, 2.45) is 5.73 Å². The summed E-state index contributed by atoms with van der Waals surface area (Å²) >= 11 is 6.15. The van der Waals surface area contributed by atoms with Crippen LogP contribution in [0.1, 0.15) is 11.1 Å². The van der Waals surface area contributed by atoms with Gasteiger partial charge in [-0.15, -0.1) is 0 Å². The normalized spacial score (nSPS) is 11.9. The van der Waals surface area contributed by atoms with Gasteiger partial charge in [-0.1, -0.05) is 41.9 Å². The molecule has 4 N–H and O–H groups in total. The van der Waals surface area contributed by atoms with E-state index in [1.54, 1.807) is 31.2 Å². The SMILES string of the molecule is Cc1ccccc1CN(CC(=O)OC(=O)C(F)(F)F)S(=O)(=O)c1ccc2c(Cl)cnc(NC(=N)N)c2c1. The first-order valence-corrected chi connectivity index (χ1v) is 12.1. The van der Waals surface area contributed by atoms with Crippen molar-refractivity contribution in [3.05, 3.63) is 64.8 Å². The number of sulfonamides is 1. The number of nitrogens with one attached hydrogen (secondary N) is 2. The molecule has 0 unspecified atom stereocenters. The van der Waals surface area contributed by atoms with Gasteiger partial charge in [0.15, 0.2) is 5.96 Å². The van der Waals surface area contributed by atoms with Gasteiger partial charge in [0, 0.05) is 23.5 Å². The van der Waals surface area contributed by atoms with Crippen LogP contribution in [-0.4, -0.2) is 48.3 Å². The minimum atomic E-state index is -5.44. The highest BCUT2D eigenvalue weighted by atomic mass is 35.5. The molecule has 0 aliphatic carbocycles. The molecule has 0 aliphatic heterocycles. The van der Waals surface area contributed by atoms with E-state index < -0.39 is 47.2 Å². The summed E-state index contributed by atoms with van der Waals surface area (Å²) in [6.45, 7) is 0.0621. The number of hydrogen-bond donors (Lipinski definition) is 3. The molecule has 0 saturated heterocycles. The molecule has 0 atom stereocenters. The molecule has 0 spiro atoms. The molecule has 0 radical (unpaired) electrons. The molecule has 0 bridgehead atoms. The van der Waals surface area contributed by atoms with Gasteiger partial charge >= 0.3 is 18.1 Å². The van der Waals surface area contributed by atoms with Crippen LogP contribution in [0.4, 0.5) is 19.0 Å². The van der Waals surface area contributed by atoms with Crippen molar-refractivity contribution in [1.82, 2.24) is 9.29 Å². The molecule has 15 heteroatoms. The maximum atomic E-state index is 13.6. The second-order valence-corrected chi connectivity index (χ2v) is 10.0. The fraction of sp³-hybridized carbons (Fsp3) is 0.182. The van der Waals surface area contributed by atoms with Gasteiger partial charge in [-0.3, -0.25) is 10.2 Å². The average Bonchev–Trinajstić information content (AvgIpc) is 2.80. The van der Waals surface area contributed by atoms with Crippen molar-refractivity contribution in [3.8, 4) is 0 Å². The summed E-state index contributed by atoms with van der Waals surface area (Å²) in [6, 6.07) is 10.2. The third kappa shape index (κ3) is 6.53. The lowest BCUT2D eigenvalue weighted by molar-refractivity contribution is -0.201. The number of alkyl halides is 3. The standard InChI is InChI=1S/C22H19ClF3N5O5S/c1-12-4-2-3-5-13(12)10-31(11-18(32)36-20(33)22(24,25)26)37(34,35)14-6-7-15-16(8-14)19(30-21(27)28)29-9-17(15)23/h2-9H,10-11H2,1H3,(H4,27,28,29,30). The molecule has 37 heavy (non-hydrogen) atoms. The molecule has 3 rings (SSSR count). The minimum Gasteiger partial charge on any atom is -0.385 e. The number of nitrogens with zero attached hydrogens (tertiary/aromatic N) is 2. The zero-order valence-corrected chi connectivity index (χ0v) is 20.5. The Kier molecular flexibility index (Phi) is 8.05. The Morgan fingerprint density at radius 1 is 1.19 bits per heavy atom. The lowest BCUT2D eigenvalue weighted by Gasteiger charge is -2.22. The predicted molar refractivity (Wildman–Crippen MR) is 128 cm³/mol. The summed E-state index contributed by atoms with van der Waals surface area (Å²) in [5, 5.41) is 10.6.